The molecule has 0 spiro atoms. The van der Waals surface area contributed by atoms with Gasteiger partial charge in [0.1, 0.15) is 21.3 Å². The standard InChI is InChI=1S/C22H30N4O5S2/c1-13-18(26-20(23-13)32-19(24-26)21(2,3)27)14-6-7-16(31-5)17(12-14)33(29,30)25-15-8-10-22(4,28)11-9-15/h6-7,12,15,25,27-28H,8-11H2,1-5H3. The van der Waals surface area contributed by atoms with Gasteiger partial charge in [-0.1, -0.05) is 11.3 Å². The lowest BCUT2D eigenvalue weighted by molar-refractivity contribution is 0.0163. The Bertz CT molecular complexity index is 1280. The maximum Gasteiger partial charge on any atom is 0.244 e. The molecule has 180 valence electrons. The van der Waals surface area contributed by atoms with E-state index in [0.29, 0.717) is 52.6 Å². The summed E-state index contributed by atoms with van der Waals surface area (Å²) in [6, 6.07) is 4.71. The number of ether oxygens (including phenoxy) is 1. The number of nitrogens with one attached hydrogen (secondary N) is 1. The van der Waals surface area contributed by atoms with Crippen LogP contribution >= 0.6 is 11.3 Å². The Hall–Kier alpha value is -2.05. The van der Waals surface area contributed by atoms with Crippen LogP contribution in [0.15, 0.2) is 23.1 Å². The third-order valence-corrected chi connectivity index (χ3v) is 8.78. The van der Waals surface area contributed by atoms with E-state index < -0.39 is 21.2 Å². The Labute approximate surface area is 197 Å². The van der Waals surface area contributed by atoms with Gasteiger partial charge in [-0.2, -0.15) is 5.10 Å². The fourth-order valence-corrected chi connectivity index (χ4v) is 6.55. The maximum atomic E-state index is 13.3. The molecule has 9 nitrogen and oxygen atoms in total. The molecule has 3 aromatic rings. The summed E-state index contributed by atoms with van der Waals surface area (Å²) in [7, 11) is -2.45. The molecule has 1 aliphatic carbocycles. The number of aliphatic hydroxyl groups is 2. The second-order valence-corrected chi connectivity index (χ2v) is 12.1. The van der Waals surface area contributed by atoms with Crippen LogP contribution in [0.4, 0.5) is 0 Å². The van der Waals surface area contributed by atoms with Gasteiger partial charge in [0.05, 0.1) is 24.1 Å². The summed E-state index contributed by atoms with van der Waals surface area (Å²) in [6.07, 6.45) is 2.21. The van der Waals surface area contributed by atoms with Crippen LogP contribution in [0.2, 0.25) is 0 Å². The second kappa shape index (κ2) is 8.31. The van der Waals surface area contributed by atoms with Gasteiger partial charge in [0, 0.05) is 11.6 Å². The molecule has 0 atom stereocenters. The van der Waals surface area contributed by atoms with Gasteiger partial charge in [-0.05, 0) is 71.6 Å². The number of imidazole rings is 1. The fraction of sp³-hybridized carbons (Fsp3) is 0.545. The number of sulfonamides is 1. The van der Waals surface area contributed by atoms with E-state index in [4.69, 9.17) is 4.74 Å². The Morgan fingerprint density at radius 1 is 1.30 bits per heavy atom. The largest absolute Gasteiger partial charge is 0.495 e. The van der Waals surface area contributed by atoms with E-state index in [-0.39, 0.29) is 16.7 Å². The molecule has 1 aliphatic rings. The van der Waals surface area contributed by atoms with Gasteiger partial charge in [0.25, 0.3) is 0 Å². The Kier molecular flexibility index (Phi) is 6.07. The quantitative estimate of drug-likeness (QED) is 0.481. The number of rotatable bonds is 6. The first-order chi connectivity index (χ1) is 15.3. The van der Waals surface area contributed by atoms with E-state index in [1.807, 2.05) is 6.92 Å². The zero-order valence-electron chi connectivity index (χ0n) is 19.4. The summed E-state index contributed by atoms with van der Waals surface area (Å²) < 4.78 is 36.4. The highest BCUT2D eigenvalue weighted by molar-refractivity contribution is 7.89. The van der Waals surface area contributed by atoms with Crippen molar-refractivity contribution >= 4 is 26.3 Å². The van der Waals surface area contributed by atoms with E-state index in [0.717, 1.165) is 0 Å². The molecule has 0 amide bonds. The second-order valence-electron chi connectivity index (χ2n) is 9.46. The van der Waals surface area contributed by atoms with Gasteiger partial charge in [0.15, 0.2) is 0 Å². The first-order valence-electron chi connectivity index (χ1n) is 10.8. The summed E-state index contributed by atoms with van der Waals surface area (Å²) in [4.78, 5) is 5.21. The van der Waals surface area contributed by atoms with Gasteiger partial charge in [0.2, 0.25) is 15.0 Å². The topological polar surface area (TPSA) is 126 Å². The van der Waals surface area contributed by atoms with Crippen LogP contribution in [0.1, 0.15) is 57.2 Å². The smallest absolute Gasteiger partial charge is 0.244 e. The Morgan fingerprint density at radius 2 is 1.97 bits per heavy atom. The van der Waals surface area contributed by atoms with E-state index in [1.54, 1.807) is 43.5 Å². The molecule has 0 aliphatic heterocycles. The van der Waals surface area contributed by atoms with Crippen molar-refractivity contribution in [1.82, 2.24) is 19.3 Å². The minimum absolute atomic E-state index is 0.0344. The molecule has 3 N–H and O–H groups in total. The zero-order chi connectivity index (χ0) is 24.2. The van der Waals surface area contributed by atoms with Crippen molar-refractivity contribution in [2.24, 2.45) is 0 Å². The minimum atomic E-state index is -3.88. The van der Waals surface area contributed by atoms with Crippen molar-refractivity contribution in [3.05, 3.63) is 28.9 Å². The molecule has 11 heteroatoms. The number of nitrogens with zero attached hydrogens (tertiary/aromatic N) is 3. The Balaban J connectivity index is 1.73. The summed E-state index contributed by atoms with van der Waals surface area (Å²) in [5.74, 6) is 0.239. The highest BCUT2D eigenvalue weighted by Gasteiger charge is 2.32. The van der Waals surface area contributed by atoms with Crippen LogP contribution < -0.4 is 9.46 Å². The first kappa shape index (κ1) is 24.1. The lowest BCUT2D eigenvalue weighted by Crippen LogP contribution is -2.42. The normalized spacial score (nSPS) is 22.1. The minimum Gasteiger partial charge on any atom is -0.495 e. The van der Waals surface area contributed by atoms with Crippen LogP contribution in [0.3, 0.4) is 0 Å². The van der Waals surface area contributed by atoms with Crippen LogP contribution in [0.5, 0.6) is 5.75 Å². The van der Waals surface area contributed by atoms with Crippen LogP contribution in [-0.4, -0.2) is 52.0 Å². The number of hydrogen-bond acceptors (Lipinski definition) is 8. The SMILES string of the molecule is COc1ccc(-c2c(C)nc3sc(C(C)(C)O)nn23)cc1S(=O)(=O)NC1CCC(C)(O)CC1. The third kappa shape index (κ3) is 4.78. The Morgan fingerprint density at radius 3 is 2.58 bits per heavy atom. The molecule has 2 aromatic heterocycles. The van der Waals surface area contributed by atoms with Crippen molar-refractivity contribution in [3.63, 3.8) is 0 Å². The van der Waals surface area contributed by atoms with Crippen LogP contribution in [0, 0.1) is 6.92 Å². The average Bonchev–Trinajstić information content (AvgIpc) is 3.26. The van der Waals surface area contributed by atoms with Crippen molar-refractivity contribution in [3.8, 4) is 17.0 Å². The fourth-order valence-electron chi connectivity index (χ4n) is 4.10. The van der Waals surface area contributed by atoms with Gasteiger partial charge in [-0.3, -0.25) is 0 Å². The number of fused-ring (bicyclic) bond motifs is 1. The molecule has 0 saturated heterocycles. The number of aryl methyl sites for hydroxylation is 1. The lowest BCUT2D eigenvalue weighted by Gasteiger charge is -2.33. The van der Waals surface area contributed by atoms with Gasteiger partial charge in [-0.15, -0.1) is 0 Å². The predicted octanol–water partition coefficient (Wildman–Crippen LogP) is 2.97. The third-order valence-electron chi connectivity index (χ3n) is 6.01. The van der Waals surface area contributed by atoms with Gasteiger partial charge in [-0.25, -0.2) is 22.6 Å². The van der Waals surface area contributed by atoms with E-state index >= 15 is 0 Å². The molecule has 0 unspecified atom stereocenters. The van der Waals surface area contributed by atoms with E-state index in [9.17, 15) is 18.6 Å². The number of hydrogen-bond donors (Lipinski definition) is 3. The molecule has 4 rings (SSSR count). The molecular weight excluding hydrogens is 464 g/mol. The van der Waals surface area contributed by atoms with E-state index in [2.05, 4.69) is 14.8 Å². The van der Waals surface area contributed by atoms with Gasteiger partial charge >= 0.3 is 0 Å². The highest BCUT2D eigenvalue weighted by atomic mass is 32.2. The molecule has 1 saturated carbocycles. The molecule has 1 fully saturated rings. The number of methoxy groups -OCH3 is 1. The highest BCUT2D eigenvalue weighted by Crippen LogP contribution is 2.35. The molecule has 33 heavy (non-hydrogen) atoms. The molecule has 1 aromatic carbocycles. The van der Waals surface area contributed by atoms with Crippen molar-refractivity contribution in [2.45, 2.75) is 75.5 Å². The first-order valence-corrected chi connectivity index (χ1v) is 13.1. The summed E-state index contributed by atoms with van der Waals surface area (Å²) in [5, 5.41) is 25.5. The summed E-state index contributed by atoms with van der Waals surface area (Å²) in [6.45, 7) is 6.93. The number of benzene rings is 1. The molecule has 0 bridgehead atoms. The number of aromatic nitrogens is 3. The molecular formula is C22H30N4O5S2. The van der Waals surface area contributed by atoms with Crippen molar-refractivity contribution in [2.75, 3.05) is 7.11 Å². The van der Waals surface area contributed by atoms with Crippen molar-refractivity contribution < 1.29 is 23.4 Å². The van der Waals surface area contributed by atoms with Crippen LogP contribution in [0.25, 0.3) is 16.2 Å². The maximum absolute atomic E-state index is 13.3. The lowest BCUT2D eigenvalue weighted by atomic mass is 9.84. The zero-order valence-corrected chi connectivity index (χ0v) is 21.0. The summed E-state index contributed by atoms with van der Waals surface area (Å²) in [5.41, 5.74) is 0.122. The van der Waals surface area contributed by atoms with Gasteiger partial charge < -0.3 is 14.9 Å². The van der Waals surface area contributed by atoms with Crippen LogP contribution in [-0.2, 0) is 15.6 Å². The van der Waals surface area contributed by atoms with E-state index in [1.165, 1.54) is 18.4 Å². The summed E-state index contributed by atoms with van der Waals surface area (Å²) >= 11 is 1.29. The average molecular weight is 495 g/mol. The predicted molar refractivity (Wildman–Crippen MR) is 126 cm³/mol. The van der Waals surface area contributed by atoms with Crippen molar-refractivity contribution in [1.29, 1.82) is 0 Å². The monoisotopic (exact) mass is 494 g/mol. The molecule has 2 heterocycles. The molecule has 0 radical (unpaired) electrons.